The Morgan fingerprint density at radius 3 is 2.71 bits per heavy atom. The van der Waals surface area contributed by atoms with Crippen molar-refractivity contribution in [3.63, 3.8) is 0 Å². The fourth-order valence-corrected chi connectivity index (χ4v) is 3.30. The third-order valence-electron chi connectivity index (χ3n) is 4.75. The zero-order valence-electron chi connectivity index (χ0n) is 16.1. The van der Waals surface area contributed by atoms with Gasteiger partial charge in [0.1, 0.15) is 11.5 Å². The molecule has 150 valence electrons. The number of hydrogen-bond acceptors (Lipinski definition) is 6. The number of nitrogens with zero attached hydrogens (tertiary/aromatic N) is 3. The predicted molar refractivity (Wildman–Crippen MR) is 107 cm³/mol. The van der Waals surface area contributed by atoms with E-state index < -0.39 is 11.2 Å². The Morgan fingerprint density at radius 1 is 1.32 bits per heavy atom. The first-order valence-electron chi connectivity index (χ1n) is 9.14. The molecule has 1 saturated heterocycles. The Hall–Kier alpha value is -3.07. The van der Waals surface area contributed by atoms with E-state index in [1.54, 1.807) is 11.9 Å². The normalized spacial score (nSPS) is 16.8. The molecule has 1 fully saturated rings. The number of rotatable bonds is 5. The minimum absolute atomic E-state index is 0.0238. The number of likely N-dealkylation sites (N-methyl/N-ethyl adjacent to an activating group) is 1. The van der Waals surface area contributed by atoms with Crippen molar-refractivity contribution in [1.29, 1.82) is 0 Å². The summed E-state index contributed by atoms with van der Waals surface area (Å²) >= 11 is 0. The van der Waals surface area contributed by atoms with Crippen LogP contribution in [0.2, 0.25) is 0 Å². The number of nitrogen functional groups attached to an aromatic ring is 1. The van der Waals surface area contributed by atoms with Crippen molar-refractivity contribution in [3.05, 3.63) is 56.7 Å². The van der Waals surface area contributed by atoms with Gasteiger partial charge in [0.2, 0.25) is 5.91 Å². The topological polar surface area (TPSA) is 114 Å². The molecule has 1 aromatic heterocycles. The smallest absolute Gasteiger partial charge is 0.330 e. The van der Waals surface area contributed by atoms with Gasteiger partial charge in [-0.1, -0.05) is 30.3 Å². The highest BCUT2D eigenvalue weighted by Gasteiger charge is 2.24. The van der Waals surface area contributed by atoms with Crippen LogP contribution in [0.1, 0.15) is 12.5 Å². The zero-order valence-corrected chi connectivity index (χ0v) is 16.1. The third-order valence-corrected chi connectivity index (χ3v) is 4.75. The van der Waals surface area contributed by atoms with E-state index in [4.69, 9.17) is 10.5 Å². The molecule has 0 bridgehead atoms. The molecular formula is C19H25N5O4. The predicted octanol–water partition coefficient (Wildman–Crippen LogP) is -0.149. The molecule has 1 aliphatic heterocycles. The molecular weight excluding hydrogens is 362 g/mol. The number of carbonyl (C=O) groups excluding carboxylic acids is 1. The lowest BCUT2D eigenvalue weighted by atomic mass is 10.2. The summed E-state index contributed by atoms with van der Waals surface area (Å²) in [6.45, 7) is 3.61. The molecule has 0 aliphatic carbocycles. The lowest BCUT2D eigenvalue weighted by molar-refractivity contribution is -0.136. The summed E-state index contributed by atoms with van der Waals surface area (Å²) in [4.78, 5) is 42.7. The van der Waals surface area contributed by atoms with E-state index >= 15 is 0 Å². The van der Waals surface area contributed by atoms with Crippen LogP contribution in [0.5, 0.6) is 0 Å². The summed E-state index contributed by atoms with van der Waals surface area (Å²) in [7, 11) is 1.61. The summed E-state index contributed by atoms with van der Waals surface area (Å²) < 4.78 is 6.75. The van der Waals surface area contributed by atoms with Crippen LogP contribution in [-0.2, 0) is 16.1 Å². The largest absolute Gasteiger partial charge is 0.383 e. The molecule has 3 N–H and O–H groups in total. The number of aromatic amines is 1. The van der Waals surface area contributed by atoms with E-state index in [9.17, 15) is 14.4 Å². The fourth-order valence-electron chi connectivity index (χ4n) is 3.30. The van der Waals surface area contributed by atoms with Crippen molar-refractivity contribution < 1.29 is 9.53 Å². The summed E-state index contributed by atoms with van der Waals surface area (Å²) in [6, 6.07) is 9.32. The number of benzene rings is 1. The first kappa shape index (κ1) is 19.7. The van der Waals surface area contributed by atoms with Crippen molar-refractivity contribution in [1.82, 2.24) is 14.5 Å². The SMILES string of the molecule is CC1CN(C(=O)CN(C)c2c(N)n(Cc3ccccc3)c(=O)[nH]c2=O)CCO1. The van der Waals surface area contributed by atoms with Crippen LogP contribution in [-0.4, -0.2) is 59.8 Å². The number of nitrogens with one attached hydrogen (secondary N) is 1. The molecule has 0 saturated carbocycles. The summed E-state index contributed by atoms with van der Waals surface area (Å²) in [5.41, 5.74) is 5.94. The van der Waals surface area contributed by atoms with Crippen molar-refractivity contribution in [2.45, 2.75) is 19.6 Å². The number of ether oxygens (including phenoxy) is 1. The average Bonchev–Trinajstić information content (AvgIpc) is 2.65. The summed E-state index contributed by atoms with van der Waals surface area (Å²) in [5, 5.41) is 0. The molecule has 2 heterocycles. The molecule has 3 rings (SSSR count). The monoisotopic (exact) mass is 387 g/mol. The number of carbonyl (C=O) groups is 1. The van der Waals surface area contributed by atoms with Gasteiger partial charge in [0.15, 0.2) is 0 Å². The van der Waals surface area contributed by atoms with Crippen LogP contribution < -0.4 is 21.9 Å². The minimum Gasteiger partial charge on any atom is -0.383 e. The first-order valence-corrected chi connectivity index (χ1v) is 9.14. The van der Waals surface area contributed by atoms with Gasteiger partial charge in [-0.05, 0) is 12.5 Å². The highest BCUT2D eigenvalue weighted by molar-refractivity contribution is 5.82. The molecule has 0 spiro atoms. The van der Waals surface area contributed by atoms with Crippen molar-refractivity contribution in [2.24, 2.45) is 0 Å². The van der Waals surface area contributed by atoms with E-state index in [0.717, 1.165) is 5.56 Å². The maximum absolute atomic E-state index is 12.6. The lowest BCUT2D eigenvalue weighted by Gasteiger charge is -2.32. The van der Waals surface area contributed by atoms with E-state index in [1.165, 1.54) is 9.47 Å². The quantitative estimate of drug-likeness (QED) is 0.738. The van der Waals surface area contributed by atoms with Crippen LogP contribution in [0, 0.1) is 0 Å². The zero-order chi connectivity index (χ0) is 20.3. The van der Waals surface area contributed by atoms with Gasteiger partial charge >= 0.3 is 5.69 Å². The minimum atomic E-state index is -0.613. The van der Waals surface area contributed by atoms with Crippen LogP contribution >= 0.6 is 0 Å². The van der Waals surface area contributed by atoms with Gasteiger partial charge < -0.3 is 20.3 Å². The number of H-pyrrole nitrogens is 1. The number of aromatic nitrogens is 2. The Kier molecular flexibility index (Phi) is 5.84. The molecule has 28 heavy (non-hydrogen) atoms. The Balaban J connectivity index is 1.84. The second kappa shape index (κ2) is 8.30. The van der Waals surface area contributed by atoms with Gasteiger partial charge in [-0.25, -0.2) is 4.79 Å². The molecule has 1 aromatic carbocycles. The molecule has 1 amide bonds. The number of hydrogen-bond donors (Lipinski definition) is 2. The Bertz CT molecular complexity index is 953. The maximum Gasteiger partial charge on any atom is 0.330 e. The van der Waals surface area contributed by atoms with Crippen LogP contribution in [0.4, 0.5) is 11.5 Å². The standard InChI is InChI=1S/C19H25N5O4/c1-13-10-23(8-9-28-13)15(25)12-22(2)16-17(20)24(19(27)21-18(16)26)11-14-6-4-3-5-7-14/h3-7,13H,8-12,20H2,1-2H3,(H,21,26,27). The van der Waals surface area contributed by atoms with Crippen LogP contribution in [0.15, 0.2) is 39.9 Å². The average molecular weight is 387 g/mol. The second-order valence-corrected chi connectivity index (χ2v) is 6.94. The summed E-state index contributed by atoms with van der Waals surface area (Å²) in [6.07, 6.45) is -0.0238. The Morgan fingerprint density at radius 2 is 2.04 bits per heavy atom. The molecule has 2 aromatic rings. The van der Waals surface area contributed by atoms with E-state index in [1.807, 2.05) is 37.3 Å². The van der Waals surface area contributed by atoms with Gasteiger partial charge in [-0.15, -0.1) is 0 Å². The molecule has 1 atom stereocenters. The van der Waals surface area contributed by atoms with Crippen molar-refractivity contribution >= 4 is 17.4 Å². The molecule has 1 aliphatic rings. The van der Waals surface area contributed by atoms with Gasteiger partial charge in [0, 0.05) is 20.1 Å². The number of anilines is 2. The molecule has 1 unspecified atom stereocenters. The number of amides is 1. The molecule has 0 radical (unpaired) electrons. The first-order chi connectivity index (χ1) is 13.4. The van der Waals surface area contributed by atoms with Gasteiger partial charge in [-0.3, -0.25) is 19.1 Å². The number of morpholine rings is 1. The second-order valence-electron chi connectivity index (χ2n) is 6.94. The Labute approximate surface area is 162 Å². The van der Waals surface area contributed by atoms with Crippen LogP contribution in [0.25, 0.3) is 0 Å². The summed E-state index contributed by atoms with van der Waals surface area (Å²) in [5.74, 6) is -0.0968. The lowest BCUT2D eigenvalue weighted by Crippen LogP contribution is -2.48. The van der Waals surface area contributed by atoms with E-state index in [0.29, 0.717) is 19.7 Å². The number of nitrogens with two attached hydrogens (primary N) is 1. The molecule has 9 heteroatoms. The van der Waals surface area contributed by atoms with Gasteiger partial charge in [0.25, 0.3) is 5.56 Å². The van der Waals surface area contributed by atoms with Crippen LogP contribution in [0.3, 0.4) is 0 Å². The van der Waals surface area contributed by atoms with Gasteiger partial charge in [0.05, 0.1) is 25.8 Å². The maximum atomic E-state index is 12.6. The molecule has 9 nitrogen and oxygen atoms in total. The van der Waals surface area contributed by atoms with Gasteiger partial charge in [-0.2, -0.15) is 0 Å². The third kappa shape index (κ3) is 4.25. The van der Waals surface area contributed by atoms with E-state index in [-0.39, 0.29) is 36.6 Å². The highest BCUT2D eigenvalue weighted by atomic mass is 16.5. The van der Waals surface area contributed by atoms with Crippen molar-refractivity contribution in [3.8, 4) is 0 Å². The fraction of sp³-hybridized carbons (Fsp3) is 0.421. The highest BCUT2D eigenvalue weighted by Crippen LogP contribution is 2.16. The van der Waals surface area contributed by atoms with Crippen molar-refractivity contribution in [2.75, 3.05) is 43.9 Å². The van der Waals surface area contributed by atoms with E-state index in [2.05, 4.69) is 4.98 Å².